The maximum absolute atomic E-state index is 11.7. The summed E-state index contributed by atoms with van der Waals surface area (Å²) >= 11 is 0. The zero-order valence-corrected chi connectivity index (χ0v) is 10.8. The van der Waals surface area contributed by atoms with E-state index in [9.17, 15) is 15.0 Å². The summed E-state index contributed by atoms with van der Waals surface area (Å²) in [5.74, 6) is -0.842. The van der Waals surface area contributed by atoms with Gasteiger partial charge in [-0.2, -0.15) is 0 Å². The maximum atomic E-state index is 11.7. The molecule has 0 saturated heterocycles. The zero-order chi connectivity index (χ0) is 14.4. The molecular formula is C16H16O4. The summed E-state index contributed by atoms with van der Waals surface area (Å²) < 4.78 is 4.98. The molecule has 2 atom stereocenters. The van der Waals surface area contributed by atoms with Gasteiger partial charge in [-0.1, -0.05) is 60.7 Å². The van der Waals surface area contributed by atoms with Crippen molar-refractivity contribution in [1.82, 2.24) is 0 Å². The lowest BCUT2D eigenvalue weighted by Gasteiger charge is -2.17. The number of benzene rings is 2. The number of aliphatic hydroxyl groups is 2. The van der Waals surface area contributed by atoms with Crippen molar-refractivity contribution in [3.63, 3.8) is 0 Å². The van der Waals surface area contributed by atoms with Crippen LogP contribution in [-0.2, 0) is 16.1 Å². The Morgan fingerprint density at radius 2 is 1.50 bits per heavy atom. The number of ether oxygens (including phenoxy) is 1. The van der Waals surface area contributed by atoms with Crippen LogP contribution < -0.4 is 0 Å². The first-order chi connectivity index (χ1) is 9.68. The molecule has 2 N–H and O–H groups in total. The second-order valence-corrected chi connectivity index (χ2v) is 4.39. The second kappa shape index (κ2) is 6.84. The van der Waals surface area contributed by atoms with E-state index in [0.29, 0.717) is 5.56 Å². The van der Waals surface area contributed by atoms with Crippen LogP contribution in [-0.4, -0.2) is 22.3 Å². The fourth-order valence-electron chi connectivity index (χ4n) is 1.78. The van der Waals surface area contributed by atoms with E-state index >= 15 is 0 Å². The minimum absolute atomic E-state index is 0.0677. The van der Waals surface area contributed by atoms with Gasteiger partial charge in [0.1, 0.15) is 12.7 Å². The Labute approximate surface area is 117 Å². The third kappa shape index (κ3) is 3.66. The van der Waals surface area contributed by atoms with Gasteiger partial charge >= 0.3 is 5.97 Å². The lowest BCUT2D eigenvalue weighted by Crippen LogP contribution is -2.29. The van der Waals surface area contributed by atoms with Gasteiger partial charge in [0.15, 0.2) is 6.10 Å². The van der Waals surface area contributed by atoms with Crippen LogP contribution in [0.1, 0.15) is 17.2 Å². The first kappa shape index (κ1) is 14.2. The molecule has 2 aromatic rings. The molecule has 0 bridgehead atoms. The molecule has 0 saturated carbocycles. The van der Waals surface area contributed by atoms with Crippen molar-refractivity contribution in [2.45, 2.75) is 18.8 Å². The highest BCUT2D eigenvalue weighted by molar-refractivity contribution is 5.75. The summed E-state index contributed by atoms with van der Waals surface area (Å²) in [5, 5.41) is 19.7. The molecule has 0 aliphatic heterocycles. The summed E-state index contributed by atoms with van der Waals surface area (Å²) in [7, 11) is 0. The van der Waals surface area contributed by atoms with Crippen molar-refractivity contribution in [3.05, 3.63) is 71.8 Å². The first-order valence-corrected chi connectivity index (χ1v) is 6.30. The molecule has 4 nitrogen and oxygen atoms in total. The summed E-state index contributed by atoms with van der Waals surface area (Å²) in [6.07, 6.45) is -2.89. The molecule has 0 spiro atoms. The van der Waals surface area contributed by atoms with Crippen LogP contribution in [0.2, 0.25) is 0 Å². The van der Waals surface area contributed by atoms with Gasteiger partial charge in [0.2, 0.25) is 0 Å². The molecule has 0 fully saturated rings. The van der Waals surface area contributed by atoms with E-state index in [1.54, 1.807) is 30.3 Å². The van der Waals surface area contributed by atoms with E-state index in [0.717, 1.165) is 5.56 Å². The number of rotatable bonds is 5. The molecule has 0 heterocycles. The van der Waals surface area contributed by atoms with E-state index in [1.807, 2.05) is 30.3 Å². The number of hydrogen-bond acceptors (Lipinski definition) is 4. The van der Waals surface area contributed by atoms with E-state index in [-0.39, 0.29) is 6.61 Å². The second-order valence-electron chi connectivity index (χ2n) is 4.39. The van der Waals surface area contributed by atoms with E-state index in [1.165, 1.54) is 0 Å². The number of carbonyl (C=O) groups is 1. The maximum Gasteiger partial charge on any atom is 0.338 e. The number of aliphatic hydroxyl groups excluding tert-OH is 2. The molecule has 0 radical (unpaired) electrons. The van der Waals surface area contributed by atoms with Gasteiger partial charge in [-0.05, 0) is 11.1 Å². The van der Waals surface area contributed by atoms with Gasteiger partial charge in [0.25, 0.3) is 0 Å². The van der Waals surface area contributed by atoms with Crippen molar-refractivity contribution in [2.24, 2.45) is 0 Å². The van der Waals surface area contributed by atoms with Crippen LogP contribution in [0.15, 0.2) is 60.7 Å². The molecule has 0 aromatic heterocycles. The highest BCUT2D eigenvalue weighted by Gasteiger charge is 2.26. The van der Waals surface area contributed by atoms with Gasteiger partial charge in [0.05, 0.1) is 0 Å². The summed E-state index contributed by atoms with van der Waals surface area (Å²) in [6, 6.07) is 17.7. The van der Waals surface area contributed by atoms with Gasteiger partial charge < -0.3 is 14.9 Å². The van der Waals surface area contributed by atoms with Gasteiger partial charge in [0, 0.05) is 0 Å². The number of carbonyl (C=O) groups excluding carboxylic acids is 1. The van der Waals surface area contributed by atoms with Crippen LogP contribution in [0.3, 0.4) is 0 Å². The van der Waals surface area contributed by atoms with Crippen molar-refractivity contribution in [1.29, 1.82) is 0 Å². The largest absolute Gasteiger partial charge is 0.459 e. The minimum atomic E-state index is -1.60. The monoisotopic (exact) mass is 272 g/mol. The minimum Gasteiger partial charge on any atom is -0.459 e. The Balaban J connectivity index is 1.92. The normalized spacial score (nSPS) is 13.5. The topological polar surface area (TPSA) is 66.8 Å². The molecule has 0 aliphatic rings. The lowest BCUT2D eigenvalue weighted by atomic mass is 10.0. The van der Waals surface area contributed by atoms with Gasteiger partial charge in [-0.3, -0.25) is 0 Å². The smallest absolute Gasteiger partial charge is 0.338 e. The predicted octanol–water partition coefficient (Wildman–Crippen LogP) is 1.82. The van der Waals surface area contributed by atoms with E-state index in [2.05, 4.69) is 0 Å². The van der Waals surface area contributed by atoms with Crippen molar-refractivity contribution in [3.8, 4) is 0 Å². The molecule has 0 aliphatic carbocycles. The zero-order valence-electron chi connectivity index (χ0n) is 10.8. The molecular weight excluding hydrogens is 256 g/mol. The van der Waals surface area contributed by atoms with Crippen LogP contribution in [0, 0.1) is 0 Å². The van der Waals surface area contributed by atoms with E-state index in [4.69, 9.17) is 4.74 Å². The van der Waals surface area contributed by atoms with Crippen LogP contribution >= 0.6 is 0 Å². The third-order valence-corrected chi connectivity index (χ3v) is 2.91. The van der Waals surface area contributed by atoms with Crippen LogP contribution in [0.4, 0.5) is 0 Å². The lowest BCUT2D eigenvalue weighted by molar-refractivity contribution is -0.161. The molecule has 104 valence electrons. The predicted molar refractivity (Wildman–Crippen MR) is 73.6 cm³/mol. The molecule has 4 heteroatoms. The van der Waals surface area contributed by atoms with Crippen LogP contribution in [0.5, 0.6) is 0 Å². The van der Waals surface area contributed by atoms with Crippen molar-refractivity contribution < 1.29 is 19.7 Å². The summed E-state index contributed by atoms with van der Waals surface area (Å²) in [5.41, 5.74) is 1.29. The quantitative estimate of drug-likeness (QED) is 0.815. The first-order valence-electron chi connectivity index (χ1n) is 6.30. The summed E-state index contributed by atoms with van der Waals surface area (Å²) in [6.45, 7) is 0.0677. The Kier molecular flexibility index (Phi) is 4.87. The Hall–Kier alpha value is -2.17. The fraction of sp³-hybridized carbons (Fsp3) is 0.188. The van der Waals surface area contributed by atoms with Gasteiger partial charge in [-0.25, -0.2) is 4.79 Å². The number of esters is 1. The fourth-order valence-corrected chi connectivity index (χ4v) is 1.78. The molecule has 2 rings (SSSR count). The standard InChI is InChI=1S/C16H16O4/c17-14(13-9-5-2-6-10-13)15(18)16(19)20-11-12-7-3-1-4-8-12/h1-10,14-15,17-18H,11H2/t14-,15+/m0/s1. The molecule has 2 aromatic carbocycles. The Bertz CT molecular complexity index is 539. The Morgan fingerprint density at radius 3 is 2.10 bits per heavy atom. The third-order valence-electron chi connectivity index (χ3n) is 2.91. The highest BCUT2D eigenvalue weighted by Crippen LogP contribution is 2.17. The molecule has 0 unspecified atom stereocenters. The highest BCUT2D eigenvalue weighted by atomic mass is 16.5. The van der Waals surface area contributed by atoms with Crippen molar-refractivity contribution in [2.75, 3.05) is 0 Å². The van der Waals surface area contributed by atoms with Crippen molar-refractivity contribution >= 4 is 5.97 Å². The summed E-state index contributed by atoms with van der Waals surface area (Å²) in [4.78, 5) is 11.7. The molecule has 0 amide bonds. The number of hydrogen-bond donors (Lipinski definition) is 2. The SMILES string of the molecule is O=C(OCc1ccccc1)[C@H](O)[C@@H](O)c1ccccc1. The Morgan fingerprint density at radius 1 is 0.950 bits per heavy atom. The molecule has 20 heavy (non-hydrogen) atoms. The average Bonchev–Trinajstić information content (AvgIpc) is 2.53. The van der Waals surface area contributed by atoms with Crippen LogP contribution in [0.25, 0.3) is 0 Å². The van der Waals surface area contributed by atoms with E-state index < -0.39 is 18.2 Å². The average molecular weight is 272 g/mol. The van der Waals surface area contributed by atoms with Gasteiger partial charge in [-0.15, -0.1) is 0 Å².